The molecule has 2 N–H and O–H groups in total. The van der Waals surface area contributed by atoms with Gasteiger partial charge in [-0.1, -0.05) is 0 Å². The summed E-state index contributed by atoms with van der Waals surface area (Å²) in [5.41, 5.74) is 0.898. The smallest absolute Gasteiger partial charge is 0.258 e. The number of likely N-dealkylation sites (tertiary alicyclic amines) is 1. The molecule has 1 fully saturated rings. The average molecular weight is 360 g/mol. The Kier molecular flexibility index (Phi) is 5.60. The minimum absolute atomic E-state index is 0.173. The van der Waals surface area contributed by atoms with Crippen LogP contribution in [-0.2, 0) is 11.2 Å². The number of thiazole rings is 1. The number of H-pyrrole nitrogens is 1. The fraction of sp³-hybridized carbons (Fsp3) is 0.412. The molecule has 1 aliphatic rings. The topological polar surface area (TPSA) is 95.2 Å². The third-order valence-electron chi connectivity index (χ3n) is 4.12. The fourth-order valence-corrected chi connectivity index (χ4v) is 3.48. The number of anilines is 1. The minimum Gasteiger partial charge on any atom is -0.343 e. The van der Waals surface area contributed by atoms with Gasteiger partial charge in [0.1, 0.15) is 0 Å². The molecule has 25 heavy (non-hydrogen) atoms. The molecule has 0 unspecified atom stereocenters. The number of nitrogens with one attached hydrogen (secondary N) is 2. The summed E-state index contributed by atoms with van der Waals surface area (Å²) in [6, 6.07) is 2.76. The molecular weight excluding hydrogens is 340 g/mol. The molecule has 0 atom stereocenters. The number of nitrogens with zero attached hydrogens (tertiary/aromatic N) is 2. The van der Waals surface area contributed by atoms with Crippen molar-refractivity contribution in [1.82, 2.24) is 14.9 Å². The van der Waals surface area contributed by atoms with Crippen molar-refractivity contribution in [3.63, 3.8) is 0 Å². The molecule has 3 heterocycles. The normalized spacial score (nSPS) is 14.3. The van der Waals surface area contributed by atoms with Gasteiger partial charge in [-0.2, -0.15) is 0 Å². The number of piperidine rings is 1. The zero-order valence-corrected chi connectivity index (χ0v) is 14.6. The second-order valence-electron chi connectivity index (χ2n) is 5.98. The largest absolute Gasteiger partial charge is 0.343 e. The van der Waals surface area contributed by atoms with Gasteiger partial charge in [0, 0.05) is 37.2 Å². The molecule has 2 amide bonds. The van der Waals surface area contributed by atoms with Crippen molar-refractivity contribution in [3.05, 3.63) is 45.3 Å². The second-order valence-corrected chi connectivity index (χ2v) is 6.84. The lowest BCUT2D eigenvalue weighted by atomic mass is 10.1. The molecule has 0 aromatic carbocycles. The number of carbonyl (C=O) groups is 2. The van der Waals surface area contributed by atoms with Crippen molar-refractivity contribution in [2.24, 2.45) is 0 Å². The highest BCUT2D eigenvalue weighted by atomic mass is 32.1. The Morgan fingerprint density at radius 3 is 2.76 bits per heavy atom. The van der Waals surface area contributed by atoms with Gasteiger partial charge in [0.05, 0.1) is 11.3 Å². The van der Waals surface area contributed by atoms with E-state index in [1.807, 2.05) is 10.3 Å². The first-order valence-corrected chi connectivity index (χ1v) is 9.22. The summed E-state index contributed by atoms with van der Waals surface area (Å²) in [4.78, 5) is 44.0. The van der Waals surface area contributed by atoms with E-state index < -0.39 is 0 Å². The van der Waals surface area contributed by atoms with E-state index in [1.165, 1.54) is 36.1 Å². The van der Waals surface area contributed by atoms with E-state index in [0.29, 0.717) is 23.5 Å². The summed E-state index contributed by atoms with van der Waals surface area (Å²) in [6.07, 6.45) is 5.75. The van der Waals surface area contributed by atoms with Crippen molar-refractivity contribution >= 4 is 28.3 Å². The van der Waals surface area contributed by atoms with Gasteiger partial charge in [-0.05, 0) is 31.7 Å². The van der Waals surface area contributed by atoms with Crippen LogP contribution in [0.5, 0.6) is 0 Å². The maximum atomic E-state index is 12.2. The Morgan fingerprint density at radius 1 is 1.24 bits per heavy atom. The molecule has 132 valence electrons. The Morgan fingerprint density at radius 2 is 2.04 bits per heavy atom. The number of aromatic nitrogens is 2. The highest BCUT2D eigenvalue weighted by molar-refractivity contribution is 7.14. The minimum atomic E-state index is -0.332. The molecule has 0 radical (unpaired) electrons. The molecule has 2 aromatic rings. The van der Waals surface area contributed by atoms with Gasteiger partial charge in [-0.3, -0.25) is 19.7 Å². The van der Waals surface area contributed by atoms with Gasteiger partial charge in [-0.25, -0.2) is 4.98 Å². The van der Waals surface area contributed by atoms with E-state index in [2.05, 4.69) is 15.3 Å². The van der Waals surface area contributed by atoms with Crippen LogP contribution in [0.2, 0.25) is 0 Å². The molecule has 0 aliphatic carbocycles. The number of hydrogen-bond acceptors (Lipinski definition) is 5. The van der Waals surface area contributed by atoms with Crippen molar-refractivity contribution in [2.75, 3.05) is 18.4 Å². The van der Waals surface area contributed by atoms with E-state index in [9.17, 15) is 14.4 Å². The molecule has 7 nitrogen and oxygen atoms in total. The Hall–Kier alpha value is -2.48. The van der Waals surface area contributed by atoms with Crippen LogP contribution in [-0.4, -0.2) is 39.8 Å². The average Bonchev–Trinajstić information content (AvgIpc) is 3.08. The quantitative estimate of drug-likeness (QED) is 0.853. The second kappa shape index (κ2) is 8.06. The predicted octanol–water partition coefficient (Wildman–Crippen LogP) is 2.03. The van der Waals surface area contributed by atoms with E-state index in [0.717, 1.165) is 31.6 Å². The summed E-state index contributed by atoms with van der Waals surface area (Å²) < 4.78 is 0. The fourth-order valence-electron chi connectivity index (χ4n) is 2.74. The molecule has 1 saturated heterocycles. The van der Waals surface area contributed by atoms with Crippen molar-refractivity contribution in [2.45, 2.75) is 32.1 Å². The van der Waals surface area contributed by atoms with Gasteiger partial charge < -0.3 is 9.88 Å². The monoisotopic (exact) mass is 360 g/mol. The summed E-state index contributed by atoms with van der Waals surface area (Å²) >= 11 is 1.32. The number of aromatic amines is 1. The number of amides is 2. The first-order valence-electron chi connectivity index (χ1n) is 8.34. The van der Waals surface area contributed by atoms with E-state index in [1.54, 1.807) is 0 Å². The molecular formula is C17H20N4O3S. The van der Waals surface area contributed by atoms with Crippen LogP contribution in [0.15, 0.2) is 28.5 Å². The number of rotatable bonds is 5. The van der Waals surface area contributed by atoms with Crippen molar-refractivity contribution in [1.29, 1.82) is 0 Å². The third-order valence-corrected chi connectivity index (χ3v) is 4.93. The van der Waals surface area contributed by atoms with Crippen molar-refractivity contribution in [3.8, 4) is 0 Å². The summed E-state index contributed by atoms with van der Waals surface area (Å²) in [7, 11) is 0. The maximum absolute atomic E-state index is 12.2. The lowest BCUT2D eigenvalue weighted by Crippen LogP contribution is -2.35. The number of aryl methyl sites for hydroxylation is 1. The summed E-state index contributed by atoms with van der Waals surface area (Å²) in [5, 5.41) is 5.04. The molecule has 1 aliphatic heterocycles. The summed E-state index contributed by atoms with van der Waals surface area (Å²) in [5.74, 6) is -0.159. The molecule has 8 heteroatoms. The lowest BCUT2D eigenvalue weighted by Gasteiger charge is -2.26. The molecule has 0 saturated carbocycles. The highest BCUT2D eigenvalue weighted by Crippen LogP contribution is 2.18. The molecule has 0 spiro atoms. The SMILES string of the molecule is O=C(Nc1nc(CCC(=O)N2CCCCC2)cs1)c1ccc(=O)[nH]c1. The Bertz CT molecular complexity index is 788. The zero-order valence-electron chi connectivity index (χ0n) is 13.8. The predicted molar refractivity (Wildman–Crippen MR) is 95.9 cm³/mol. The van der Waals surface area contributed by atoms with Crippen molar-refractivity contribution < 1.29 is 9.59 Å². The standard InChI is InChI=1S/C17H20N4O3S/c22-14-6-4-12(10-18-14)16(24)20-17-19-13(11-25-17)5-7-15(23)21-8-2-1-3-9-21/h4,6,10-11H,1-3,5,7-9H2,(H,18,22)(H,19,20,24). The Balaban J connectivity index is 1.51. The molecule has 0 bridgehead atoms. The van der Waals surface area contributed by atoms with Crippen LogP contribution >= 0.6 is 11.3 Å². The van der Waals surface area contributed by atoms with Crippen LogP contribution < -0.4 is 10.9 Å². The first-order chi connectivity index (χ1) is 12.1. The molecule has 2 aromatic heterocycles. The highest BCUT2D eigenvalue weighted by Gasteiger charge is 2.17. The third kappa shape index (κ3) is 4.76. The zero-order chi connectivity index (χ0) is 17.6. The van der Waals surface area contributed by atoms with Crippen LogP contribution in [0.3, 0.4) is 0 Å². The lowest BCUT2D eigenvalue weighted by molar-refractivity contribution is -0.132. The van der Waals surface area contributed by atoms with E-state index in [-0.39, 0.29) is 17.4 Å². The maximum Gasteiger partial charge on any atom is 0.258 e. The number of hydrogen-bond donors (Lipinski definition) is 2. The van der Waals surface area contributed by atoms with Gasteiger partial charge >= 0.3 is 0 Å². The number of pyridine rings is 1. The van der Waals surface area contributed by atoms with Gasteiger partial charge in [0.2, 0.25) is 11.5 Å². The van der Waals surface area contributed by atoms with Crippen LogP contribution in [0.4, 0.5) is 5.13 Å². The molecule has 3 rings (SSSR count). The number of carbonyl (C=O) groups excluding carboxylic acids is 2. The van der Waals surface area contributed by atoms with Crippen LogP contribution in [0.25, 0.3) is 0 Å². The Labute approximate surface area is 149 Å². The van der Waals surface area contributed by atoms with E-state index >= 15 is 0 Å². The van der Waals surface area contributed by atoms with Gasteiger partial charge in [0.15, 0.2) is 5.13 Å². The van der Waals surface area contributed by atoms with Crippen LogP contribution in [0.1, 0.15) is 41.7 Å². The van der Waals surface area contributed by atoms with E-state index in [4.69, 9.17) is 0 Å². The van der Waals surface area contributed by atoms with Gasteiger partial charge in [0.25, 0.3) is 5.91 Å². The first kappa shape index (κ1) is 17.3. The summed E-state index contributed by atoms with van der Waals surface area (Å²) in [6.45, 7) is 1.72. The van der Waals surface area contributed by atoms with Crippen LogP contribution in [0, 0.1) is 0 Å². The van der Waals surface area contributed by atoms with Gasteiger partial charge in [-0.15, -0.1) is 11.3 Å².